The molecule has 8 nitrogen and oxygen atoms in total. The van der Waals surface area contributed by atoms with Gasteiger partial charge >= 0.3 is 5.97 Å². The Hall–Kier alpha value is -4.33. The van der Waals surface area contributed by atoms with Crippen LogP contribution < -0.4 is 14.8 Å². The second-order valence-electron chi connectivity index (χ2n) is 8.03. The number of rotatable bonds is 7. The molecular formula is C27H26N2O6. The van der Waals surface area contributed by atoms with Crippen molar-refractivity contribution in [2.45, 2.75) is 19.0 Å². The van der Waals surface area contributed by atoms with Crippen LogP contribution in [0.3, 0.4) is 0 Å². The summed E-state index contributed by atoms with van der Waals surface area (Å²) in [6, 6.07) is 20.6. The molecule has 2 amide bonds. The van der Waals surface area contributed by atoms with Gasteiger partial charge in [0.2, 0.25) is 5.91 Å². The van der Waals surface area contributed by atoms with Crippen LogP contribution in [0.15, 0.2) is 72.8 Å². The van der Waals surface area contributed by atoms with Gasteiger partial charge in [-0.15, -0.1) is 0 Å². The van der Waals surface area contributed by atoms with Crippen LogP contribution >= 0.6 is 0 Å². The van der Waals surface area contributed by atoms with Crippen LogP contribution in [0.25, 0.3) is 0 Å². The fourth-order valence-corrected chi connectivity index (χ4v) is 3.95. The molecule has 0 aliphatic carbocycles. The highest BCUT2D eigenvalue weighted by molar-refractivity contribution is 6.01. The van der Waals surface area contributed by atoms with Crippen molar-refractivity contribution in [2.75, 3.05) is 26.1 Å². The van der Waals surface area contributed by atoms with Gasteiger partial charge in [0.1, 0.15) is 17.5 Å². The Kier molecular flexibility index (Phi) is 7.30. The zero-order valence-electron chi connectivity index (χ0n) is 19.5. The maximum atomic E-state index is 13.4. The molecule has 8 heteroatoms. The van der Waals surface area contributed by atoms with Gasteiger partial charge in [-0.1, -0.05) is 24.3 Å². The van der Waals surface area contributed by atoms with Gasteiger partial charge in [0.25, 0.3) is 5.91 Å². The minimum absolute atomic E-state index is 0.213. The van der Waals surface area contributed by atoms with Crippen molar-refractivity contribution in [1.82, 2.24) is 4.90 Å². The number of anilines is 1. The average Bonchev–Trinajstić information content (AvgIpc) is 2.91. The van der Waals surface area contributed by atoms with Crippen LogP contribution in [0.4, 0.5) is 5.69 Å². The normalized spacial score (nSPS) is 14.5. The third kappa shape index (κ3) is 5.60. The fourth-order valence-electron chi connectivity index (χ4n) is 3.95. The molecule has 0 saturated heterocycles. The minimum Gasteiger partial charge on any atom is -0.497 e. The molecule has 35 heavy (non-hydrogen) atoms. The molecule has 1 atom stereocenters. The van der Waals surface area contributed by atoms with Crippen molar-refractivity contribution >= 4 is 23.5 Å². The predicted octanol–water partition coefficient (Wildman–Crippen LogP) is 3.45. The molecule has 1 aliphatic heterocycles. The van der Waals surface area contributed by atoms with Crippen molar-refractivity contribution < 1.29 is 28.6 Å². The summed E-state index contributed by atoms with van der Waals surface area (Å²) in [7, 11) is 2.87. The van der Waals surface area contributed by atoms with Crippen molar-refractivity contribution in [3.8, 4) is 11.5 Å². The van der Waals surface area contributed by atoms with E-state index in [-0.39, 0.29) is 25.0 Å². The number of nitrogens with one attached hydrogen (secondary N) is 1. The number of methoxy groups -OCH3 is 2. The molecule has 0 aromatic heterocycles. The molecule has 0 bridgehead atoms. The molecule has 0 unspecified atom stereocenters. The number of nitrogens with zero attached hydrogens (tertiary/aromatic N) is 1. The van der Waals surface area contributed by atoms with E-state index < -0.39 is 12.0 Å². The van der Waals surface area contributed by atoms with Gasteiger partial charge in [-0.2, -0.15) is 0 Å². The maximum Gasteiger partial charge on any atom is 0.343 e. The molecular weight excluding hydrogens is 448 g/mol. The van der Waals surface area contributed by atoms with E-state index in [0.29, 0.717) is 29.2 Å². The van der Waals surface area contributed by atoms with E-state index >= 15 is 0 Å². The molecule has 3 aromatic rings. The number of ether oxygens (including phenoxy) is 3. The van der Waals surface area contributed by atoms with E-state index in [1.165, 1.54) is 7.11 Å². The number of carbonyl (C=O) groups excluding carboxylic acids is 3. The van der Waals surface area contributed by atoms with Crippen molar-refractivity contribution in [3.63, 3.8) is 0 Å². The lowest BCUT2D eigenvalue weighted by Gasteiger charge is -2.36. The SMILES string of the molecule is COC(=O)COc1ccc2c(c1)CN(C(=O)c1ccccc1)[C@H](C(=O)Nc1ccc(OC)cc1)C2. The molecule has 0 saturated carbocycles. The van der Waals surface area contributed by atoms with Gasteiger partial charge in [0.15, 0.2) is 6.61 Å². The Morgan fingerprint density at radius 1 is 0.914 bits per heavy atom. The zero-order valence-corrected chi connectivity index (χ0v) is 19.5. The number of amides is 2. The molecule has 3 aromatic carbocycles. The first-order chi connectivity index (χ1) is 17.0. The molecule has 1 heterocycles. The van der Waals surface area contributed by atoms with Crippen molar-refractivity contribution in [1.29, 1.82) is 0 Å². The summed E-state index contributed by atoms with van der Waals surface area (Å²) < 4.78 is 15.3. The van der Waals surface area contributed by atoms with Gasteiger partial charge in [-0.05, 0) is 59.7 Å². The predicted molar refractivity (Wildman–Crippen MR) is 129 cm³/mol. The Morgan fingerprint density at radius 3 is 2.31 bits per heavy atom. The van der Waals surface area contributed by atoms with Crippen molar-refractivity contribution in [3.05, 3.63) is 89.5 Å². The van der Waals surface area contributed by atoms with E-state index in [1.54, 1.807) is 72.7 Å². The number of benzene rings is 3. The number of fused-ring (bicyclic) bond motifs is 1. The van der Waals surface area contributed by atoms with Crippen molar-refractivity contribution in [2.24, 2.45) is 0 Å². The lowest BCUT2D eigenvalue weighted by molar-refractivity contribution is -0.142. The van der Waals surface area contributed by atoms with E-state index in [1.807, 2.05) is 12.1 Å². The second-order valence-corrected chi connectivity index (χ2v) is 8.03. The topological polar surface area (TPSA) is 94.2 Å². The summed E-state index contributed by atoms with van der Waals surface area (Å²) in [6.07, 6.45) is 0.340. The summed E-state index contributed by atoms with van der Waals surface area (Å²) >= 11 is 0. The average molecular weight is 475 g/mol. The molecule has 1 aliphatic rings. The van der Waals surface area contributed by atoms with E-state index in [4.69, 9.17) is 9.47 Å². The summed E-state index contributed by atoms with van der Waals surface area (Å²) in [4.78, 5) is 39.8. The summed E-state index contributed by atoms with van der Waals surface area (Å²) in [6.45, 7) is 0.00796. The lowest BCUT2D eigenvalue weighted by Crippen LogP contribution is -2.50. The van der Waals surface area contributed by atoms with Crippen LogP contribution in [0.1, 0.15) is 21.5 Å². The molecule has 0 radical (unpaired) electrons. The summed E-state index contributed by atoms with van der Waals surface area (Å²) in [5, 5.41) is 2.92. The summed E-state index contributed by atoms with van der Waals surface area (Å²) in [5.74, 6) is 0.157. The lowest BCUT2D eigenvalue weighted by atomic mass is 9.92. The first-order valence-electron chi connectivity index (χ1n) is 11.1. The van der Waals surface area contributed by atoms with Crippen LogP contribution in [-0.2, 0) is 27.3 Å². The molecule has 180 valence electrons. The minimum atomic E-state index is -0.709. The second kappa shape index (κ2) is 10.7. The monoisotopic (exact) mass is 474 g/mol. The number of hydrogen-bond donors (Lipinski definition) is 1. The number of carbonyl (C=O) groups is 3. The third-order valence-corrected chi connectivity index (χ3v) is 5.83. The third-order valence-electron chi connectivity index (χ3n) is 5.83. The molecule has 0 spiro atoms. The van der Waals surface area contributed by atoms with Gasteiger partial charge < -0.3 is 24.4 Å². The van der Waals surface area contributed by atoms with Gasteiger partial charge in [0, 0.05) is 24.2 Å². The first-order valence-corrected chi connectivity index (χ1v) is 11.1. The Balaban J connectivity index is 1.60. The molecule has 1 N–H and O–H groups in total. The van der Waals surface area contributed by atoms with E-state index in [0.717, 1.165) is 11.1 Å². The number of hydrogen-bond acceptors (Lipinski definition) is 6. The maximum absolute atomic E-state index is 13.4. The van der Waals surface area contributed by atoms with Crippen LogP contribution in [0.5, 0.6) is 11.5 Å². The van der Waals surface area contributed by atoms with Crippen LogP contribution in [0, 0.1) is 0 Å². The quantitative estimate of drug-likeness (QED) is 0.527. The first kappa shape index (κ1) is 23.8. The Morgan fingerprint density at radius 2 is 1.63 bits per heavy atom. The van der Waals surface area contributed by atoms with Gasteiger partial charge in [-0.3, -0.25) is 9.59 Å². The molecule has 0 fully saturated rings. The smallest absolute Gasteiger partial charge is 0.343 e. The largest absolute Gasteiger partial charge is 0.497 e. The highest BCUT2D eigenvalue weighted by Gasteiger charge is 2.35. The van der Waals surface area contributed by atoms with Crippen LogP contribution in [0.2, 0.25) is 0 Å². The zero-order chi connectivity index (χ0) is 24.8. The molecule has 4 rings (SSSR count). The highest BCUT2D eigenvalue weighted by atomic mass is 16.6. The summed E-state index contributed by atoms with van der Waals surface area (Å²) in [5.41, 5.74) is 2.89. The Labute approximate surface area is 203 Å². The van der Waals surface area contributed by atoms with Gasteiger partial charge in [0.05, 0.1) is 14.2 Å². The Bertz CT molecular complexity index is 1210. The van der Waals surface area contributed by atoms with E-state index in [2.05, 4.69) is 10.1 Å². The number of esters is 1. The van der Waals surface area contributed by atoms with E-state index in [9.17, 15) is 14.4 Å². The standard InChI is InChI=1S/C27H26N2O6/c1-33-22-12-9-21(10-13-22)28-26(31)24-15-19-8-11-23(35-17-25(30)34-2)14-20(19)16-29(24)27(32)18-6-4-3-5-7-18/h3-14,24H,15-17H2,1-2H3,(H,28,31)/t24-/m0/s1. The van der Waals surface area contributed by atoms with Gasteiger partial charge in [-0.25, -0.2) is 4.79 Å². The fraction of sp³-hybridized carbons (Fsp3) is 0.222. The van der Waals surface area contributed by atoms with Crippen LogP contribution in [-0.4, -0.2) is 49.6 Å². The highest BCUT2D eigenvalue weighted by Crippen LogP contribution is 2.29.